The van der Waals surface area contributed by atoms with Crippen molar-refractivity contribution < 1.29 is 18.7 Å². The quantitative estimate of drug-likeness (QED) is 0.483. The minimum Gasteiger partial charge on any atom is -0.495 e. The molecule has 0 radical (unpaired) electrons. The van der Waals surface area contributed by atoms with E-state index >= 15 is 0 Å². The van der Waals surface area contributed by atoms with Crippen molar-refractivity contribution in [2.45, 2.75) is 24.0 Å². The third-order valence-corrected chi connectivity index (χ3v) is 6.01. The Morgan fingerprint density at radius 2 is 1.97 bits per heavy atom. The first-order valence-corrected chi connectivity index (χ1v) is 10.9. The number of nitrogens with one attached hydrogen (secondary N) is 1. The highest BCUT2D eigenvalue weighted by Crippen LogP contribution is 2.41. The van der Waals surface area contributed by atoms with Crippen molar-refractivity contribution >= 4 is 35.0 Å². The van der Waals surface area contributed by atoms with Crippen molar-refractivity contribution in [1.82, 2.24) is 14.8 Å². The summed E-state index contributed by atoms with van der Waals surface area (Å²) >= 11 is 7.41. The molecule has 1 aromatic heterocycles. The van der Waals surface area contributed by atoms with Crippen LogP contribution in [0.3, 0.4) is 0 Å². The van der Waals surface area contributed by atoms with Crippen LogP contribution in [0.4, 0.5) is 10.1 Å². The molecule has 1 saturated carbocycles. The maximum atomic E-state index is 14.3. The molecule has 0 aliphatic heterocycles. The first-order chi connectivity index (χ1) is 15.0. The number of halogens is 2. The van der Waals surface area contributed by atoms with Gasteiger partial charge in [0.25, 0.3) is 0 Å². The van der Waals surface area contributed by atoms with Crippen LogP contribution < -0.4 is 14.8 Å². The Labute approximate surface area is 187 Å². The number of carbonyl (C=O) groups excluding carboxylic acids is 1. The molecular formula is C21H20ClFN4O3S. The molecule has 2 aromatic carbocycles. The first-order valence-electron chi connectivity index (χ1n) is 9.55. The Kier molecular flexibility index (Phi) is 6.33. The van der Waals surface area contributed by atoms with Gasteiger partial charge in [0, 0.05) is 12.1 Å². The second kappa shape index (κ2) is 9.15. The molecule has 1 amide bonds. The summed E-state index contributed by atoms with van der Waals surface area (Å²) in [6, 6.07) is 9.87. The van der Waals surface area contributed by atoms with Crippen LogP contribution in [-0.2, 0) is 4.79 Å². The number of methoxy groups -OCH3 is 2. The Balaban J connectivity index is 1.50. The minimum atomic E-state index is -0.352. The van der Waals surface area contributed by atoms with E-state index in [4.69, 9.17) is 21.1 Å². The number of hydrogen-bond acceptors (Lipinski definition) is 6. The standard InChI is InChI=1S/C21H20ClFN4O3S/c1-29-17-10-18(30-2)16(9-14(17)22)24-19(28)11-31-21-26-25-20(27(21)12-7-8-12)13-5-3-4-6-15(13)23/h3-6,9-10,12H,7-8,11H2,1-2H3,(H,24,28). The van der Waals surface area contributed by atoms with Gasteiger partial charge in [0.2, 0.25) is 5.91 Å². The Bertz CT molecular complexity index is 1120. The summed E-state index contributed by atoms with van der Waals surface area (Å²) in [5.41, 5.74) is 0.838. The number of carbonyl (C=O) groups is 1. The van der Waals surface area contributed by atoms with Gasteiger partial charge in [-0.1, -0.05) is 35.5 Å². The van der Waals surface area contributed by atoms with Crippen molar-refractivity contribution in [2.24, 2.45) is 0 Å². The summed E-state index contributed by atoms with van der Waals surface area (Å²) in [5, 5.41) is 12.1. The normalized spacial score (nSPS) is 13.2. The molecule has 1 heterocycles. The highest BCUT2D eigenvalue weighted by molar-refractivity contribution is 7.99. The fraction of sp³-hybridized carbons (Fsp3) is 0.286. The van der Waals surface area contributed by atoms with Gasteiger partial charge in [0.1, 0.15) is 17.3 Å². The lowest BCUT2D eigenvalue weighted by atomic mass is 10.2. The number of hydrogen-bond donors (Lipinski definition) is 1. The predicted octanol–water partition coefficient (Wildman–Crippen LogP) is 4.82. The van der Waals surface area contributed by atoms with Gasteiger partial charge < -0.3 is 14.8 Å². The van der Waals surface area contributed by atoms with Gasteiger partial charge in [-0.3, -0.25) is 9.36 Å². The fourth-order valence-electron chi connectivity index (χ4n) is 3.14. The molecule has 10 heteroatoms. The number of aromatic nitrogens is 3. The summed E-state index contributed by atoms with van der Waals surface area (Å²) in [5.74, 6) is 0.838. The third-order valence-electron chi connectivity index (χ3n) is 4.77. The number of rotatable bonds is 8. The zero-order valence-electron chi connectivity index (χ0n) is 16.9. The van der Waals surface area contributed by atoms with E-state index in [9.17, 15) is 9.18 Å². The molecular weight excluding hydrogens is 443 g/mol. The van der Waals surface area contributed by atoms with Crippen molar-refractivity contribution in [3.8, 4) is 22.9 Å². The van der Waals surface area contributed by atoms with E-state index in [1.54, 1.807) is 30.3 Å². The molecule has 0 bridgehead atoms. The monoisotopic (exact) mass is 462 g/mol. The Morgan fingerprint density at radius 3 is 2.65 bits per heavy atom. The number of nitrogens with zero attached hydrogens (tertiary/aromatic N) is 3. The molecule has 4 rings (SSSR count). The summed E-state index contributed by atoms with van der Waals surface area (Å²) in [4.78, 5) is 12.6. The molecule has 0 spiro atoms. The van der Waals surface area contributed by atoms with Crippen LogP contribution in [0.5, 0.6) is 11.5 Å². The minimum absolute atomic E-state index is 0.0922. The molecule has 162 valence electrons. The van der Waals surface area contributed by atoms with Crippen molar-refractivity contribution in [2.75, 3.05) is 25.3 Å². The number of amides is 1. The van der Waals surface area contributed by atoms with Crippen LogP contribution in [0.15, 0.2) is 41.6 Å². The SMILES string of the molecule is COc1cc(OC)c(NC(=O)CSc2nnc(-c3ccccc3F)n2C2CC2)cc1Cl. The number of ether oxygens (including phenoxy) is 2. The molecule has 31 heavy (non-hydrogen) atoms. The molecule has 1 N–H and O–H groups in total. The van der Waals surface area contributed by atoms with Crippen LogP contribution in [0.25, 0.3) is 11.4 Å². The molecule has 3 aromatic rings. The second-order valence-electron chi connectivity index (χ2n) is 6.91. The predicted molar refractivity (Wildman–Crippen MR) is 118 cm³/mol. The van der Waals surface area contributed by atoms with E-state index in [0.29, 0.717) is 38.8 Å². The van der Waals surface area contributed by atoms with E-state index in [1.807, 2.05) is 4.57 Å². The number of benzene rings is 2. The summed E-state index contributed by atoms with van der Waals surface area (Å²) in [7, 11) is 3.00. The summed E-state index contributed by atoms with van der Waals surface area (Å²) in [6.07, 6.45) is 1.95. The first kappa shape index (κ1) is 21.5. The highest BCUT2D eigenvalue weighted by atomic mass is 35.5. The van der Waals surface area contributed by atoms with Gasteiger partial charge >= 0.3 is 0 Å². The molecule has 1 aliphatic rings. The zero-order valence-corrected chi connectivity index (χ0v) is 18.5. The second-order valence-corrected chi connectivity index (χ2v) is 8.26. The van der Waals surface area contributed by atoms with Crippen molar-refractivity contribution in [1.29, 1.82) is 0 Å². The molecule has 0 atom stereocenters. The van der Waals surface area contributed by atoms with Crippen molar-refractivity contribution in [3.05, 3.63) is 47.2 Å². The van der Waals surface area contributed by atoms with Gasteiger partial charge in [0.15, 0.2) is 11.0 Å². The Hall–Kier alpha value is -2.78. The zero-order chi connectivity index (χ0) is 22.0. The smallest absolute Gasteiger partial charge is 0.234 e. The lowest BCUT2D eigenvalue weighted by Crippen LogP contribution is -2.15. The van der Waals surface area contributed by atoms with Gasteiger partial charge in [-0.25, -0.2) is 4.39 Å². The average molecular weight is 463 g/mol. The van der Waals surface area contributed by atoms with Gasteiger partial charge in [-0.05, 0) is 31.0 Å². The number of thioether (sulfide) groups is 1. The Morgan fingerprint density at radius 1 is 1.23 bits per heavy atom. The van der Waals surface area contributed by atoms with Crippen molar-refractivity contribution in [3.63, 3.8) is 0 Å². The molecule has 1 aliphatic carbocycles. The number of anilines is 1. The summed E-state index contributed by atoms with van der Waals surface area (Å²) in [6.45, 7) is 0. The van der Waals surface area contributed by atoms with Gasteiger partial charge in [-0.2, -0.15) is 0 Å². The van der Waals surface area contributed by atoms with Crippen LogP contribution in [0.1, 0.15) is 18.9 Å². The van der Waals surface area contributed by atoms with Gasteiger partial charge in [0.05, 0.1) is 36.2 Å². The maximum Gasteiger partial charge on any atom is 0.234 e. The van der Waals surface area contributed by atoms with Gasteiger partial charge in [-0.15, -0.1) is 10.2 Å². The lowest BCUT2D eigenvalue weighted by Gasteiger charge is -2.13. The van der Waals surface area contributed by atoms with E-state index in [0.717, 1.165) is 12.8 Å². The fourth-order valence-corrected chi connectivity index (χ4v) is 4.18. The van der Waals surface area contributed by atoms with E-state index in [-0.39, 0.29) is 23.5 Å². The van der Waals surface area contributed by atoms with Crippen LogP contribution in [0, 0.1) is 5.82 Å². The molecule has 7 nitrogen and oxygen atoms in total. The summed E-state index contributed by atoms with van der Waals surface area (Å²) < 4.78 is 26.7. The lowest BCUT2D eigenvalue weighted by molar-refractivity contribution is -0.113. The topological polar surface area (TPSA) is 78.3 Å². The van der Waals surface area contributed by atoms with Crippen LogP contribution >= 0.6 is 23.4 Å². The maximum absolute atomic E-state index is 14.3. The molecule has 0 unspecified atom stereocenters. The largest absolute Gasteiger partial charge is 0.495 e. The average Bonchev–Trinajstić information content (AvgIpc) is 3.52. The molecule has 0 saturated heterocycles. The van der Waals surface area contributed by atoms with E-state index in [1.165, 1.54) is 32.0 Å². The van der Waals surface area contributed by atoms with E-state index < -0.39 is 0 Å². The third kappa shape index (κ3) is 4.62. The van der Waals surface area contributed by atoms with Crippen LogP contribution in [0.2, 0.25) is 5.02 Å². The van der Waals surface area contributed by atoms with E-state index in [2.05, 4.69) is 15.5 Å². The molecule has 1 fully saturated rings. The highest BCUT2D eigenvalue weighted by Gasteiger charge is 2.31. The van der Waals surface area contributed by atoms with Crippen LogP contribution in [-0.4, -0.2) is 40.6 Å².